The number of hydrogen-bond acceptors (Lipinski definition) is 7. The van der Waals surface area contributed by atoms with E-state index in [2.05, 4.69) is 37.4 Å². The van der Waals surface area contributed by atoms with Gasteiger partial charge < -0.3 is 9.84 Å². The second-order valence-corrected chi connectivity index (χ2v) is 6.02. The highest BCUT2D eigenvalue weighted by atomic mass is 16.5. The summed E-state index contributed by atoms with van der Waals surface area (Å²) in [5, 5.41) is 11.8. The molecule has 4 aromatic rings. The highest BCUT2D eigenvalue weighted by molar-refractivity contribution is 5.50. The third-order valence-electron chi connectivity index (χ3n) is 3.99. The molecule has 0 saturated heterocycles. The van der Waals surface area contributed by atoms with Crippen molar-refractivity contribution in [1.82, 2.24) is 29.7 Å². The Labute approximate surface area is 150 Å². The van der Waals surface area contributed by atoms with Gasteiger partial charge in [0.25, 0.3) is 0 Å². The molecule has 0 aliphatic heterocycles. The number of pyridine rings is 1. The van der Waals surface area contributed by atoms with Crippen molar-refractivity contribution < 1.29 is 4.52 Å². The van der Waals surface area contributed by atoms with E-state index in [4.69, 9.17) is 4.52 Å². The van der Waals surface area contributed by atoms with Gasteiger partial charge in [0.1, 0.15) is 17.6 Å². The van der Waals surface area contributed by atoms with Crippen molar-refractivity contribution in [3.63, 3.8) is 0 Å². The molecular weight excluding hydrogens is 330 g/mol. The third-order valence-corrected chi connectivity index (χ3v) is 3.99. The summed E-state index contributed by atoms with van der Waals surface area (Å²) in [7, 11) is 0. The Bertz CT molecular complexity index is 1010. The Morgan fingerprint density at radius 3 is 2.92 bits per heavy atom. The molecule has 0 fully saturated rings. The molecule has 4 rings (SSSR count). The van der Waals surface area contributed by atoms with Crippen LogP contribution in [0.4, 0.5) is 5.82 Å². The van der Waals surface area contributed by atoms with Gasteiger partial charge in [-0.3, -0.25) is 4.98 Å². The van der Waals surface area contributed by atoms with E-state index in [1.54, 1.807) is 16.9 Å². The molecular formula is C18H19N7O. The van der Waals surface area contributed by atoms with E-state index in [1.807, 2.05) is 37.3 Å². The van der Waals surface area contributed by atoms with Crippen LogP contribution >= 0.6 is 0 Å². The molecule has 1 N–H and O–H groups in total. The largest absolute Gasteiger partial charge is 0.358 e. The standard InChI is InChI=1S/C18H19N7O/c1-3-6-13-11-16(25-15(22-13)8-10-20-25)21-12(2)18-23-17(24-26-18)14-7-4-5-9-19-14/h4-5,7-12,21H,3,6H2,1-2H3/t12-/m0/s1. The van der Waals surface area contributed by atoms with Crippen molar-refractivity contribution in [2.75, 3.05) is 5.32 Å². The van der Waals surface area contributed by atoms with E-state index in [0.29, 0.717) is 17.4 Å². The number of nitrogens with one attached hydrogen (secondary N) is 1. The van der Waals surface area contributed by atoms with Crippen LogP contribution in [0.2, 0.25) is 0 Å². The highest BCUT2D eigenvalue weighted by Gasteiger charge is 2.17. The smallest absolute Gasteiger partial charge is 0.249 e. The summed E-state index contributed by atoms with van der Waals surface area (Å²) in [6.07, 6.45) is 5.38. The number of hydrogen-bond donors (Lipinski definition) is 1. The number of rotatable bonds is 6. The number of aryl methyl sites for hydroxylation is 1. The topological polar surface area (TPSA) is 94.0 Å². The van der Waals surface area contributed by atoms with Crippen molar-refractivity contribution in [3.8, 4) is 11.5 Å². The van der Waals surface area contributed by atoms with Crippen LogP contribution in [0.3, 0.4) is 0 Å². The summed E-state index contributed by atoms with van der Waals surface area (Å²) in [4.78, 5) is 13.3. The first kappa shape index (κ1) is 16.2. The van der Waals surface area contributed by atoms with Gasteiger partial charge in [0.2, 0.25) is 11.7 Å². The van der Waals surface area contributed by atoms with Gasteiger partial charge in [0.15, 0.2) is 5.65 Å². The molecule has 0 radical (unpaired) electrons. The van der Waals surface area contributed by atoms with Gasteiger partial charge >= 0.3 is 0 Å². The fraction of sp³-hybridized carbons (Fsp3) is 0.278. The molecule has 132 valence electrons. The van der Waals surface area contributed by atoms with Crippen LogP contribution in [0.5, 0.6) is 0 Å². The number of anilines is 1. The van der Waals surface area contributed by atoms with E-state index in [9.17, 15) is 0 Å². The van der Waals surface area contributed by atoms with E-state index < -0.39 is 0 Å². The predicted octanol–water partition coefficient (Wildman–Crippen LogP) is 3.30. The van der Waals surface area contributed by atoms with Gasteiger partial charge in [-0.1, -0.05) is 24.6 Å². The maximum atomic E-state index is 5.42. The fourth-order valence-corrected chi connectivity index (χ4v) is 2.75. The molecule has 0 aromatic carbocycles. The Hall–Kier alpha value is -3.29. The van der Waals surface area contributed by atoms with Gasteiger partial charge in [-0.2, -0.15) is 14.6 Å². The van der Waals surface area contributed by atoms with Crippen LogP contribution in [0, 0.1) is 0 Å². The molecule has 0 saturated carbocycles. The fourth-order valence-electron chi connectivity index (χ4n) is 2.75. The first-order valence-electron chi connectivity index (χ1n) is 8.60. The van der Waals surface area contributed by atoms with Gasteiger partial charge in [-0.15, -0.1) is 0 Å². The van der Waals surface area contributed by atoms with Crippen LogP contribution in [0.1, 0.15) is 37.9 Å². The van der Waals surface area contributed by atoms with Crippen LogP contribution in [0.15, 0.2) is 47.2 Å². The Kier molecular flexibility index (Phi) is 4.30. The van der Waals surface area contributed by atoms with Crippen molar-refractivity contribution in [2.24, 2.45) is 0 Å². The minimum Gasteiger partial charge on any atom is -0.358 e. The molecule has 0 amide bonds. The molecule has 4 aromatic heterocycles. The Morgan fingerprint density at radius 2 is 2.12 bits per heavy atom. The molecule has 26 heavy (non-hydrogen) atoms. The average Bonchev–Trinajstić information content (AvgIpc) is 3.32. The second kappa shape index (κ2) is 6.91. The minimum absolute atomic E-state index is 0.191. The van der Waals surface area contributed by atoms with Crippen molar-refractivity contribution in [1.29, 1.82) is 0 Å². The maximum Gasteiger partial charge on any atom is 0.249 e. The lowest BCUT2D eigenvalue weighted by Gasteiger charge is -2.13. The summed E-state index contributed by atoms with van der Waals surface area (Å²) in [6, 6.07) is 9.29. The molecule has 0 aliphatic carbocycles. The van der Waals surface area contributed by atoms with Gasteiger partial charge in [0.05, 0.1) is 6.20 Å². The molecule has 0 spiro atoms. The number of fused-ring (bicyclic) bond motifs is 1. The Morgan fingerprint density at radius 1 is 1.19 bits per heavy atom. The molecule has 8 nitrogen and oxygen atoms in total. The lowest BCUT2D eigenvalue weighted by atomic mass is 10.2. The van der Waals surface area contributed by atoms with Crippen LogP contribution < -0.4 is 5.32 Å². The van der Waals surface area contributed by atoms with Crippen LogP contribution in [-0.4, -0.2) is 29.7 Å². The zero-order valence-electron chi connectivity index (χ0n) is 14.6. The molecule has 0 bridgehead atoms. The number of aromatic nitrogens is 6. The molecule has 0 unspecified atom stereocenters. The molecule has 1 atom stereocenters. The van der Waals surface area contributed by atoms with E-state index in [0.717, 1.165) is 30.0 Å². The molecule has 4 heterocycles. The number of nitrogens with zero attached hydrogens (tertiary/aromatic N) is 6. The van der Waals surface area contributed by atoms with Gasteiger partial charge in [-0.05, 0) is 25.5 Å². The highest BCUT2D eigenvalue weighted by Crippen LogP contribution is 2.22. The SMILES string of the molecule is CCCc1cc(N[C@@H](C)c2nc(-c3ccccn3)no2)n2nccc2n1. The van der Waals surface area contributed by atoms with Gasteiger partial charge in [0, 0.05) is 24.0 Å². The monoisotopic (exact) mass is 349 g/mol. The summed E-state index contributed by atoms with van der Waals surface area (Å²) < 4.78 is 7.18. The summed E-state index contributed by atoms with van der Waals surface area (Å²) in [6.45, 7) is 4.10. The molecule has 0 aliphatic rings. The minimum atomic E-state index is -0.191. The van der Waals surface area contributed by atoms with Crippen LogP contribution in [0.25, 0.3) is 17.2 Å². The lowest BCUT2D eigenvalue weighted by molar-refractivity contribution is 0.367. The van der Waals surface area contributed by atoms with Crippen molar-refractivity contribution in [2.45, 2.75) is 32.7 Å². The van der Waals surface area contributed by atoms with E-state index >= 15 is 0 Å². The second-order valence-electron chi connectivity index (χ2n) is 6.02. The normalized spacial score (nSPS) is 12.4. The summed E-state index contributed by atoms with van der Waals surface area (Å²) in [5.41, 5.74) is 2.51. The van der Waals surface area contributed by atoms with E-state index in [1.165, 1.54) is 0 Å². The lowest BCUT2D eigenvalue weighted by Crippen LogP contribution is -2.12. The zero-order valence-corrected chi connectivity index (χ0v) is 14.6. The maximum absolute atomic E-state index is 5.42. The Balaban J connectivity index is 1.60. The van der Waals surface area contributed by atoms with Gasteiger partial charge in [-0.25, -0.2) is 4.98 Å². The summed E-state index contributed by atoms with van der Waals surface area (Å²) >= 11 is 0. The molecule has 8 heteroatoms. The third kappa shape index (κ3) is 3.13. The van der Waals surface area contributed by atoms with Crippen molar-refractivity contribution >= 4 is 11.5 Å². The van der Waals surface area contributed by atoms with Crippen LogP contribution in [-0.2, 0) is 6.42 Å². The zero-order chi connectivity index (χ0) is 17.9. The first-order valence-corrected chi connectivity index (χ1v) is 8.60. The average molecular weight is 349 g/mol. The quantitative estimate of drug-likeness (QED) is 0.571. The van der Waals surface area contributed by atoms with E-state index in [-0.39, 0.29) is 6.04 Å². The first-order chi connectivity index (χ1) is 12.7. The van der Waals surface area contributed by atoms with Crippen molar-refractivity contribution in [3.05, 3.63) is 54.3 Å². The summed E-state index contributed by atoms with van der Waals surface area (Å²) in [5.74, 6) is 1.80. The predicted molar refractivity (Wildman–Crippen MR) is 96.5 cm³/mol.